The Bertz CT molecular complexity index is 1410. The Kier molecular flexibility index (Phi) is 5.47. The van der Waals surface area contributed by atoms with Crippen molar-refractivity contribution in [2.24, 2.45) is 5.10 Å². The minimum atomic E-state index is -4.54. The summed E-state index contributed by atoms with van der Waals surface area (Å²) in [7, 11) is 0. The lowest BCUT2D eigenvalue weighted by Gasteiger charge is -2.25. The monoisotopic (exact) mass is 494 g/mol. The van der Waals surface area contributed by atoms with Crippen LogP contribution in [0.4, 0.5) is 13.2 Å². The summed E-state index contributed by atoms with van der Waals surface area (Å²) >= 11 is 0. The molecule has 3 heterocycles. The summed E-state index contributed by atoms with van der Waals surface area (Å²) in [5.74, 6) is -1.11. The second-order valence-corrected chi connectivity index (χ2v) is 8.17. The molecule has 36 heavy (non-hydrogen) atoms. The first-order valence-electron chi connectivity index (χ1n) is 10.7. The molecule has 0 spiro atoms. The number of carbonyl (C=O) groups is 2. The maximum absolute atomic E-state index is 13.2. The molecule has 8 nitrogen and oxygen atoms in total. The molecule has 1 unspecified atom stereocenters. The molecule has 0 saturated carbocycles. The maximum atomic E-state index is 13.2. The molecule has 2 aromatic carbocycles. The van der Waals surface area contributed by atoms with Gasteiger partial charge in [-0.2, -0.15) is 18.3 Å². The molecule has 1 atom stereocenters. The van der Waals surface area contributed by atoms with Crippen molar-refractivity contribution < 1.29 is 33.0 Å². The highest BCUT2D eigenvalue weighted by molar-refractivity contribution is 6.49. The van der Waals surface area contributed by atoms with Gasteiger partial charge in [-0.25, -0.2) is 5.01 Å². The number of carbonyl (C=O) groups excluding carboxylic acids is 2. The van der Waals surface area contributed by atoms with E-state index in [4.69, 9.17) is 0 Å². The SMILES string of the molecule is O=C1NC2C(=O)N(Cc3ccc(C(F)(F)F)cn3)N=C2C(c2ccc(O)cc2)=C1c1ccc(O)cc1. The minimum Gasteiger partial charge on any atom is -0.508 e. The Hall–Kier alpha value is -4.67. The van der Waals surface area contributed by atoms with E-state index in [2.05, 4.69) is 15.4 Å². The highest BCUT2D eigenvalue weighted by atomic mass is 19.4. The number of alkyl halides is 3. The third-order valence-electron chi connectivity index (χ3n) is 5.79. The minimum absolute atomic E-state index is 0.00165. The Morgan fingerprint density at radius 2 is 1.44 bits per heavy atom. The van der Waals surface area contributed by atoms with Gasteiger partial charge in [-0.1, -0.05) is 24.3 Å². The van der Waals surface area contributed by atoms with E-state index in [0.717, 1.165) is 17.1 Å². The second-order valence-electron chi connectivity index (χ2n) is 8.17. The summed E-state index contributed by atoms with van der Waals surface area (Å²) in [5, 5.41) is 27.5. The first-order chi connectivity index (χ1) is 17.1. The topological polar surface area (TPSA) is 115 Å². The van der Waals surface area contributed by atoms with Gasteiger partial charge in [-0.3, -0.25) is 14.6 Å². The molecule has 2 amide bonds. The lowest BCUT2D eigenvalue weighted by molar-refractivity contribution is -0.138. The molecule has 3 aromatic rings. The van der Waals surface area contributed by atoms with Crippen molar-refractivity contribution in [3.63, 3.8) is 0 Å². The Morgan fingerprint density at radius 3 is 1.97 bits per heavy atom. The Labute approximate surface area is 202 Å². The van der Waals surface area contributed by atoms with Crippen LogP contribution in [-0.4, -0.2) is 43.8 Å². The van der Waals surface area contributed by atoms with Crippen LogP contribution in [0.2, 0.25) is 0 Å². The third-order valence-corrected chi connectivity index (χ3v) is 5.79. The molecule has 0 aliphatic carbocycles. The zero-order chi connectivity index (χ0) is 25.6. The molecule has 3 N–H and O–H groups in total. The van der Waals surface area contributed by atoms with E-state index in [1.54, 1.807) is 24.3 Å². The van der Waals surface area contributed by atoms with Crippen LogP contribution in [0, 0.1) is 0 Å². The number of halogens is 3. The quantitative estimate of drug-likeness (QED) is 0.515. The second kappa shape index (κ2) is 8.52. The molecule has 0 fully saturated rings. The van der Waals surface area contributed by atoms with Gasteiger partial charge in [0.25, 0.3) is 11.8 Å². The molecular weight excluding hydrogens is 477 g/mol. The number of benzene rings is 2. The fraction of sp³-hybridized carbons (Fsp3) is 0.120. The molecule has 0 bridgehead atoms. The van der Waals surface area contributed by atoms with Crippen molar-refractivity contribution >= 4 is 28.7 Å². The highest BCUT2D eigenvalue weighted by Gasteiger charge is 2.44. The van der Waals surface area contributed by atoms with E-state index in [9.17, 15) is 33.0 Å². The van der Waals surface area contributed by atoms with Crippen molar-refractivity contribution in [1.29, 1.82) is 0 Å². The number of amides is 2. The number of hydrazone groups is 1. The standard InChI is InChI=1S/C25H17F3N4O4/c26-25(27,28)15-5-6-16(29-11-15)12-32-24(36)22-21(31-32)19(13-1-7-17(33)8-2-13)20(23(35)30-22)14-3-9-18(34)10-4-14/h1-11,22,33-34H,12H2,(H,30,35). The summed E-state index contributed by atoms with van der Waals surface area (Å²) in [4.78, 5) is 30.1. The van der Waals surface area contributed by atoms with Crippen LogP contribution in [0.5, 0.6) is 11.5 Å². The van der Waals surface area contributed by atoms with Crippen LogP contribution in [0.3, 0.4) is 0 Å². The number of hydrogen-bond donors (Lipinski definition) is 3. The number of pyridine rings is 1. The van der Waals surface area contributed by atoms with E-state index >= 15 is 0 Å². The first kappa shape index (κ1) is 23.1. The van der Waals surface area contributed by atoms with Crippen molar-refractivity contribution in [3.05, 3.63) is 89.2 Å². The first-order valence-corrected chi connectivity index (χ1v) is 10.7. The Morgan fingerprint density at radius 1 is 0.861 bits per heavy atom. The highest BCUT2D eigenvalue weighted by Crippen LogP contribution is 2.36. The van der Waals surface area contributed by atoms with Crippen LogP contribution >= 0.6 is 0 Å². The fourth-order valence-electron chi connectivity index (χ4n) is 4.05. The summed E-state index contributed by atoms with van der Waals surface area (Å²) in [6, 6.07) is 12.9. The summed E-state index contributed by atoms with van der Waals surface area (Å²) in [6.45, 7) is -0.204. The fourth-order valence-corrected chi connectivity index (χ4v) is 4.05. The van der Waals surface area contributed by atoms with E-state index in [-0.39, 0.29) is 35.0 Å². The molecular formula is C25H17F3N4O4. The van der Waals surface area contributed by atoms with Gasteiger partial charge in [0.15, 0.2) is 6.04 Å². The molecule has 0 radical (unpaired) electrons. The zero-order valence-electron chi connectivity index (χ0n) is 18.3. The van der Waals surface area contributed by atoms with Gasteiger partial charge in [0.1, 0.15) is 17.2 Å². The molecule has 5 rings (SSSR count). The van der Waals surface area contributed by atoms with Gasteiger partial charge >= 0.3 is 6.18 Å². The number of fused-ring (bicyclic) bond motifs is 1. The Balaban J connectivity index is 1.58. The number of hydrogen-bond acceptors (Lipinski definition) is 6. The summed E-state index contributed by atoms with van der Waals surface area (Å²) in [5.41, 5.74) is 1.03. The zero-order valence-corrected chi connectivity index (χ0v) is 18.3. The van der Waals surface area contributed by atoms with Crippen LogP contribution in [0.15, 0.2) is 72.0 Å². The van der Waals surface area contributed by atoms with Crippen molar-refractivity contribution in [2.45, 2.75) is 18.8 Å². The average Bonchev–Trinajstić information content (AvgIpc) is 3.14. The smallest absolute Gasteiger partial charge is 0.417 e. The average molecular weight is 494 g/mol. The number of rotatable bonds is 4. The number of nitrogens with zero attached hydrogens (tertiary/aromatic N) is 3. The molecule has 1 aromatic heterocycles. The van der Waals surface area contributed by atoms with Crippen molar-refractivity contribution in [1.82, 2.24) is 15.3 Å². The van der Waals surface area contributed by atoms with E-state index in [0.29, 0.717) is 22.9 Å². The number of phenolic OH excluding ortho intramolecular Hbond substituents is 2. The molecule has 11 heteroatoms. The van der Waals surface area contributed by atoms with Crippen molar-refractivity contribution in [2.75, 3.05) is 0 Å². The van der Waals surface area contributed by atoms with Crippen LogP contribution < -0.4 is 5.32 Å². The number of nitrogens with one attached hydrogen (secondary N) is 1. The lowest BCUT2D eigenvalue weighted by atomic mass is 9.85. The van der Waals surface area contributed by atoms with Crippen LogP contribution in [-0.2, 0) is 22.3 Å². The maximum Gasteiger partial charge on any atom is 0.417 e. The predicted octanol–water partition coefficient (Wildman–Crippen LogP) is 3.32. The molecule has 2 aliphatic heterocycles. The van der Waals surface area contributed by atoms with Gasteiger partial charge in [-0.05, 0) is 47.5 Å². The van der Waals surface area contributed by atoms with E-state index < -0.39 is 29.6 Å². The van der Waals surface area contributed by atoms with Crippen molar-refractivity contribution in [3.8, 4) is 11.5 Å². The predicted molar refractivity (Wildman–Crippen MR) is 122 cm³/mol. The van der Waals surface area contributed by atoms with Gasteiger partial charge in [0.05, 0.1) is 23.4 Å². The number of aromatic nitrogens is 1. The summed E-state index contributed by atoms with van der Waals surface area (Å²) < 4.78 is 38.6. The van der Waals surface area contributed by atoms with Crippen LogP contribution in [0.25, 0.3) is 11.1 Å². The van der Waals surface area contributed by atoms with Gasteiger partial charge in [-0.15, -0.1) is 0 Å². The largest absolute Gasteiger partial charge is 0.508 e. The van der Waals surface area contributed by atoms with Gasteiger partial charge < -0.3 is 15.5 Å². The molecule has 182 valence electrons. The number of aromatic hydroxyl groups is 2. The van der Waals surface area contributed by atoms with E-state index in [1.165, 1.54) is 24.3 Å². The van der Waals surface area contributed by atoms with E-state index in [1.807, 2.05) is 0 Å². The third kappa shape index (κ3) is 4.15. The van der Waals surface area contributed by atoms with Gasteiger partial charge in [0, 0.05) is 11.8 Å². The summed E-state index contributed by atoms with van der Waals surface area (Å²) in [6.07, 6.45) is -3.86. The lowest BCUT2D eigenvalue weighted by Crippen LogP contribution is -2.50. The molecule has 2 aliphatic rings. The van der Waals surface area contributed by atoms with Gasteiger partial charge in [0.2, 0.25) is 0 Å². The number of phenols is 2. The van der Waals surface area contributed by atoms with Crippen LogP contribution in [0.1, 0.15) is 22.4 Å². The normalized spacial score (nSPS) is 17.7. The molecule has 0 saturated heterocycles.